The van der Waals surface area contributed by atoms with Crippen molar-refractivity contribution in [3.8, 4) is 6.07 Å². The summed E-state index contributed by atoms with van der Waals surface area (Å²) in [5.74, 6) is -0.269. The number of hydrogen-bond acceptors (Lipinski definition) is 3. The Labute approximate surface area is 105 Å². The molecule has 0 unspecified atom stereocenters. The van der Waals surface area contributed by atoms with Crippen molar-refractivity contribution in [1.82, 2.24) is 4.98 Å². The van der Waals surface area contributed by atoms with Gasteiger partial charge in [0.15, 0.2) is 0 Å². The maximum atomic E-state index is 12.1. The number of carbonyl (C=O) groups is 1. The van der Waals surface area contributed by atoms with Gasteiger partial charge in [-0.2, -0.15) is 5.26 Å². The lowest BCUT2D eigenvalue weighted by atomic mass is 10.0. The highest BCUT2D eigenvalue weighted by molar-refractivity contribution is 6.13. The van der Waals surface area contributed by atoms with Crippen LogP contribution in [0.3, 0.4) is 0 Å². The monoisotopic (exact) mass is 234 g/mol. The molecule has 0 atom stereocenters. The summed E-state index contributed by atoms with van der Waals surface area (Å²) in [7, 11) is 0. The van der Waals surface area contributed by atoms with Gasteiger partial charge in [-0.05, 0) is 23.8 Å². The largest absolute Gasteiger partial charge is 0.288 e. The minimum absolute atomic E-state index is 0.118. The third-order valence-electron chi connectivity index (χ3n) is 2.42. The van der Waals surface area contributed by atoms with Crippen molar-refractivity contribution in [3.05, 3.63) is 71.6 Å². The predicted octanol–water partition coefficient (Wildman–Crippen LogP) is 2.87. The molecular formula is C15H10N2O. The van der Waals surface area contributed by atoms with Gasteiger partial charge < -0.3 is 0 Å². The van der Waals surface area contributed by atoms with Crippen molar-refractivity contribution in [1.29, 1.82) is 5.26 Å². The minimum atomic E-state index is -0.269. The lowest BCUT2D eigenvalue weighted by molar-refractivity contribution is 0.104. The quantitative estimate of drug-likeness (QED) is 0.466. The zero-order valence-corrected chi connectivity index (χ0v) is 9.58. The van der Waals surface area contributed by atoms with Crippen molar-refractivity contribution in [2.24, 2.45) is 0 Å². The predicted molar refractivity (Wildman–Crippen MR) is 68.6 cm³/mol. The first-order valence-electron chi connectivity index (χ1n) is 5.43. The molecule has 0 radical (unpaired) electrons. The molecule has 0 aliphatic rings. The second-order valence-corrected chi connectivity index (χ2v) is 3.65. The number of nitriles is 1. The third kappa shape index (κ3) is 2.69. The summed E-state index contributed by atoms with van der Waals surface area (Å²) < 4.78 is 0. The van der Waals surface area contributed by atoms with Gasteiger partial charge in [-0.25, -0.2) is 0 Å². The summed E-state index contributed by atoms with van der Waals surface area (Å²) in [4.78, 5) is 16.0. The van der Waals surface area contributed by atoms with E-state index in [9.17, 15) is 4.79 Å². The molecule has 0 fully saturated rings. The van der Waals surface area contributed by atoms with Crippen LogP contribution in [0.25, 0.3) is 6.08 Å². The number of carbonyl (C=O) groups excluding carboxylic acids is 1. The second kappa shape index (κ2) is 5.55. The van der Waals surface area contributed by atoms with Crippen LogP contribution in [0.2, 0.25) is 0 Å². The van der Waals surface area contributed by atoms with E-state index in [1.807, 2.05) is 12.1 Å². The van der Waals surface area contributed by atoms with Gasteiger partial charge in [0.25, 0.3) is 0 Å². The molecule has 0 amide bonds. The van der Waals surface area contributed by atoms with Gasteiger partial charge in [0.05, 0.1) is 0 Å². The van der Waals surface area contributed by atoms with Crippen LogP contribution in [0.5, 0.6) is 0 Å². The zero-order chi connectivity index (χ0) is 12.8. The molecule has 18 heavy (non-hydrogen) atoms. The topological polar surface area (TPSA) is 53.8 Å². The van der Waals surface area contributed by atoms with Crippen molar-refractivity contribution in [2.75, 3.05) is 0 Å². The van der Waals surface area contributed by atoms with E-state index in [0.29, 0.717) is 5.56 Å². The summed E-state index contributed by atoms with van der Waals surface area (Å²) in [6, 6.07) is 14.2. The van der Waals surface area contributed by atoms with Crippen LogP contribution < -0.4 is 0 Å². The summed E-state index contributed by atoms with van der Waals surface area (Å²) >= 11 is 0. The SMILES string of the molecule is N#CC(=Cc1ccncc1)C(=O)c1ccccc1. The molecule has 2 aromatic rings. The van der Waals surface area contributed by atoms with Crippen LogP contribution in [0.1, 0.15) is 15.9 Å². The van der Waals surface area contributed by atoms with E-state index in [0.717, 1.165) is 5.56 Å². The fourth-order valence-corrected chi connectivity index (χ4v) is 1.52. The third-order valence-corrected chi connectivity index (χ3v) is 2.42. The van der Waals surface area contributed by atoms with Crippen LogP contribution >= 0.6 is 0 Å². The van der Waals surface area contributed by atoms with E-state index >= 15 is 0 Å². The number of pyridine rings is 1. The van der Waals surface area contributed by atoms with Crippen LogP contribution in [0.4, 0.5) is 0 Å². The maximum Gasteiger partial charge on any atom is 0.203 e. The lowest BCUT2D eigenvalue weighted by Crippen LogP contribution is -2.01. The molecule has 3 heteroatoms. The van der Waals surface area contributed by atoms with Gasteiger partial charge in [-0.15, -0.1) is 0 Å². The van der Waals surface area contributed by atoms with E-state index in [1.165, 1.54) is 0 Å². The molecule has 86 valence electrons. The molecule has 0 aliphatic heterocycles. The molecule has 3 nitrogen and oxygen atoms in total. The van der Waals surface area contributed by atoms with Crippen LogP contribution in [0, 0.1) is 11.3 Å². The van der Waals surface area contributed by atoms with Gasteiger partial charge in [-0.1, -0.05) is 30.3 Å². The molecule has 0 bridgehead atoms. The first kappa shape index (κ1) is 11.7. The fraction of sp³-hybridized carbons (Fsp3) is 0. The summed E-state index contributed by atoms with van der Waals surface area (Å²) in [5.41, 5.74) is 1.41. The molecular weight excluding hydrogens is 224 g/mol. The van der Waals surface area contributed by atoms with Gasteiger partial charge in [-0.3, -0.25) is 9.78 Å². The minimum Gasteiger partial charge on any atom is -0.288 e. The van der Waals surface area contributed by atoms with Crippen molar-refractivity contribution in [2.45, 2.75) is 0 Å². The highest BCUT2D eigenvalue weighted by Crippen LogP contribution is 2.11. The molecule has 0 aliphatic carbocycles. The first-order chi connectivity index (χ1) is 8.81. The molecule has 1 aromatic heterocycles. The fourth-order valence-electron chi connectivity index (χ4n) is 1.52. The van der Waals surface area contributed by atoms with E-state index in [-0.39, 0.29) is 11.4 Å². The molecule has 0 saturated heterocycles. The normalized spacial score (nSPS) is 10.7. The number of benzene rings is 1. The molecule has 1 aromatic carbocycles. The second-order valence-electron chi connectivity index (χ2n) is 3.65. The molecule has 2 rings (SSSR count). The Hall–Kier alpha value is -2.73. The average Bonchev–Trinajstić information content (AvgIpc) is 2.46. The van der Waals surface area contributed by atoms with Crippen LogP contribution in [-0.4, -0.2) is 10.8 Å². The molecule has 1 heterocycles. The Morgan fingerprint density at radius 3 is 2.39 bits per heavy atom. The molecule has 0 N–H and O–H groups in total. The van der Waals surface area contributed by atoms with E-state index < -0.39 is 0 Å². The Bertz CT molecular complexity index is 610. The Balaban J connectivity index is 2.34. The summed E-state index contributed by atoms with van der Waals surface area (Å²) in [5, 5.41) is 9.06. The van der Waals surface area contributed by atoms with Gasteiger partial charge in [0.1, 0.15) is 11.6 Å². The standard InChI is InChI=1S/C15H10N2O/c16-11-14(10-12-6-8-17-9-7-12)15(18)13-4-2-1-3-5-13/h1-10H. The molecule has 0 spiro atoms. The van der Waals surface area contributed by atoms with Crippen LogP contribution in [-0.2, 0) is 0 Å². The van der Waals surface area contributed by atoms with Crippen LogP contribution in [0.15, 0.2) is 60.4 Å². The number of aromatic nitrogens is 1. The zero-order valence-electron chi connectivity index (χ0n) is 9.58. The van der Waals surface area contributed by atoms with Crippen molar-refractivity contribution < 1.29 is 4.79 Å². The highest BCUT2D eigenvalue weighted by Gasteiger charge is 2.11. The Morgan fingerprint density at radius 2 is 1.78 bits per heavy atom. The number of nitrogens with zero attached hydrogens (tertiary/aromatic N) is 2. The Kier molecular flexibility index (Phi) is 3.62. The number of allylic oxidation sites excluding steroid dienone is 1. The number of ketones is 1. The van der Waals surface area contributed by atoms with Gasteiger partial charge >= 0.3 is 0 Å². The van der Waals surface area contributed by atoms with Crippen molar-refractivity contribution >= 4 is 11.9 Å². The highest BCUT2D eigenvalue weighted by atomic mass is 16.1. The summed E-state index contributed by atoms with van der Waals surface area (Å²) in [6.07, 6.45) is 4.80. The smallest absolute Gasteiger partial charge is 0.203 e. The van der Waals surface area contributed by atoms with Crippen molar-refractivity contribution in [3.63, 3.8) is 0 Å². The number of hydrogen-bond donors (Lipinski definition) is 0. The van der Waals surface area contributed by atoms with E-state index in [2.05, 4.69) is 4.98 Å². The Morgan fingerprint density at radius 1 is 1.11 bits per heavy atom. The summed E-state index contributed by atoms with van der Waals surface area (Å²) in [6.45, 7) is 0. The lowest BCUT2D eigenvalue weighted by Gasteiger charge is -1.99. The van der Waals surface area contributed by atoms with Gasteiger partial charge in [0.2, 0.25) is 5.78 Å². The number of Topliss-reactive ketones (excluding diaryl/α,β-unsaturated/α-hetero) is 1. The maximum absolute atomic E-state index is 12.1. The van der Waals surface area contributed by atoms with Gasteiger partial charge in [0, 0.05) is 18.0 Å². The molecule has 0 saturated carbocycles. The number of rotatable bonds is 3. The average molecular weight is 234 g/mol. The van der Waals surface area contributed by atoms with E-state index in [1.54, 1.807) is 54.9 Å². The van der Waals surface area contributed by atoms with E-state index in [4.69, 9.17) is 5.26 Å². The first-order valence-corrected chi connectivity index (χ1v) is 5.43.